The van der Waals surface area contributed by atoms with Crippen LogP contribution >= 0.6 is 15.9 Å². The minimum Gasteiger partial charge on any atom is -0.484 e. The summed E-state index contributed by atoms with van der Waals surface area (Å²) in [7, 11) is 0. The maximum atomic E-state index is 12.5. The zero-order chi connectivity index (χ0) is 16.2. The molecule has 0 bridgehead atoms. The Morgan fingerprint density at radius 3 is 2.83 bits per heavy atom. The zero-order valence-electron chi connectivity index (χ0n) is 12.8. The second-order valence-corrected chi connectivity index (χ2v) is 6.27. The van der Waals surface area contributed by atoms with Crippen molar-refractivity contribution in [1.82, 2.24) is 15.4 Å². The van der Waals surface area contributed by atoms with Crippen molar-refractivity contribution >= 4 is 21.8 Å². The molecule has 0 aliphatic carbocycles. The lowest BCUT2D eigenvalue weighted by Gasteiger charge is -2.27. The highest BCUT2D eigenvalue weighted by Crippen LogP contribution is 2.27. The van der Waals surface area contributed by atoms with E-state index in [9.17, 15) is 4.79 Å². The highest BCUT2D eigenvalue weighted by Gasteiger charge is 2.18. The molecule has 1 aliphatic rings. The van der Waals surface area contributed by atoms with Gasteiger partial charge in [-0.3, -0.25) is 4.79 Å². The van der Waals surface area contributed by atoms with Crippen LogP contribution in [0.25, 0.3) is 0 Å². The van der Waals surface area contributed by atoms with Gasteiger partial charge in [-0.15, -0.1) is 0 Å². The van der Waals surface area contributed by atoms with E-state index in [1.54, 1.807) is 18.2 Å². The molecule has 1 aromatic heterocycles. The maximum Gasteiger partial charge on any atom is 0.253 e. The van der Waals surface area contributed by atoms with Gasteiger partial charge in [0, 0.05) is 37.8 Å². The monoisotopic (exact) mass is 379 g/mol. The van der Waals surface area contributed by atoms with Gasteiger partial charge in [0.15, 0.2) is 5.76 Å². The van der Waals surface area contributed by atoms with E-state index in [-0.39, 0.29) is 5.91 Å². The highest BCUT2D eigenvalue weighted by atomic mass is 79.9. The molecule has 0 radical (unpaired) electrons. The lowest BCUT2D eigenvalue weighted by atomic mass is 10.2. The highest BCUT2D eigenvalue weighted by molar-refractivity contribution is 9.10. The van der Waals surface area contributed by atoms with Crippen LogP contribution in [-0.2, 0) is 6.61 Å². The molecule has 1 aliphatic heterocycles. The molecule has 23 heavy (non-hydrogen) atoms. The van der Waals surface area contributed by atoms with Gasteiger partial charge in [-0.2, -0.15) is 0 Å². The molecule has 0 atom stereocenters. The molecule has 3 rings (SSSR count). The smallest absolute Gasteiger partial charge is 0.253 e. The van der Waals surface area contributed by atoms with E-state index in [0.29, 0.717) is 23.7 Å². The molecule has 1 fully saturated rings. The summed E-state index contributed by atoms with van der Waals surface area (Å²) in [4.78, 5) is 14.3. The molecule has 1 N–H and O–H groups in total. The van der Waals surface area contributed by atoms with E-state index in [2.05, 4.69) is 26.4 Å². The van der Waals surface area contributed by atoms with Gasteiger partial charge in [0.1, 0.15) is 12.4 Å². The van der Waals surface area contributed by atoms with E-state index in [0.717, 1.165) is 36.3 Å². The first-order valence-corrected chi connectivity index (χ1v) is 8.27. The molecule has 6 nitrogen and oxygen atoms in total. The number of nitrogens with one attached hydrogen (secondary N) is 1. The maximum absolute atomic E-state index is 12.5. The average Bonchev–Trinajstić information content (AvgIpc) is 2.99. The quantitative estimate of drug-likeness (QED) is 0.882. The van der Waals surface area contributed by atoms with Crippen molar-refractivity contribution in [3.8, 4) is 5.75 Å². The molecule has 0 unspecified atom stereocenters. The number of halogens is 1. The van der Waals surface area contributed by atoms with E-state index in [1.807, 2.05) is 17.9 Å². The summed E-state index contributed by atoms with van der Waals surface area (Å²) in [5.74, 6) is 1.37. The van der Waals surface area contributed by atoms with Gasteiger partial charge < -0.3 is 19.5 Å². The Morgan fingerprint density at radius 2 is 2.17 bits per heavy atom. The number of hydrogen-bond acceptors (Lipinski definition) is 5. The van der Waals surface area contributed by atoms with Gasteiger partial charge in [-0.05, 0) is 41.1 Å². The van der Waals surface area contributed by atoms with Crippen LogP contribution in [0.5, 0.6) is 5.75 Å². The van der Waals surface area contributed by atoms with Crippen molar-refractivity contribution in [3.63, 3.8) is 0 Å². The topological polar surface area (TPSA) is 67.6 Å². The summed E-state index contributed by atoms with van der Waals surface area (Å²) in [6.45, 7) is 5.30. The van der Waals surface area contributed by atoms with E-state index in [4.69, 9.17) is 9.26 Å². The molecule has 7 heteroatoms. The number of aromatic nitrogens is 1. The third kappa shape index (κ3) is 3.92. The lowest BCUT2D eigenvalue weighted by Crippen LogP contribution is -2.46. The Morgan fingerprint density at radius 1 is 1.39 bits per heavy atom. The molecule has 2 heterocycles. The average molecular weight is 380 g/mol. The van der Waals surface area contributed by atoms with Gasteiger partial charge in [0.25, 0.3) is 5.91 Å². The summed E-state index contributed by atoms with van der Waals surface area (Å²) >= 11 is 3.46. The number of benzene rings is 1. The number of carbonyl (C=O) groups excluding carboxylic acids is 1. The fourth-order valence-electron chi connectivity index (χ4n) is 2.43. The van der Waals surface area contributed by atoms with Crippen LogP contribution in [0.2, 0.25) is 0 Å². The number of piperazine rings is 1. The molecule has 2 aromatic rings. The Hall–Kier alpha value is -1.86. The van der Waals surface area contributed by atoms with E-state index >= 15 is 0 Å². The van der Waals surface area contributed by atoms with Crippen molar-refractivity contribution in [2.45, 2.75) is 13.5 Å². The van der Waals surface area contributed by atoms with Gasteiger partial charge in [0.2, 0.25) is 0 Å². The number of aryl methyl sites for hydroxylation is 1. The summed E-state index contributed by atoms with van der Waals surface area (Å²) < 4.78 is 11.6. The van der Waals surface area contributed by atoms with Crippen molar-refractivity contribution in [3.05, 3.63) is 45.8 Å². The van der Waals surface area contributed by atoms with Crippen molar-refractivity contribution in [1.29, 1.82) is 0 Å². The first-order valence-electron chi connectivity index (χ1n) is 7.48. The summed E-state index contributed by atoms with van der Waals surface area (Å²) in [5.41, 5.74) is 1.47. The number of ether oxygens (including phenoxy) is 1. The molecule has 122 valence electrons. The first kappa shape index (κ1) is 16.0. The van der Waals surface area contributed by atoms with Crippen LogP contribution in [0.4, 0.5) is 0 Å². The molecular formula is C16H18BrN3O3. The van der Waals surface area contributed by atoms with Gasteiger partial charge in [-0.1, -0.05) is 5.16 Å². The van der Waals surface area contributed by atoms with Gasteiger partial charge in [-0.25, -0.2) is 0 Å². The minimum atomic E-state index is 0.0459. The Balaban J connectivity index is 1.66. The summed E-state index contributed by atoms with van der Waals surface area (Å²) in [6, 6.07) is 7.21. The number of hydrogen-bond donors (Lipinski definition) is 1. The Labute approximate surface area is 142 Å². The Kier molecular flexibility index (Phi) is 4.97. The van der Waals surface area contributed by atoms with Crippen molar-refractivity contribution in [2.24, 2.45) is 0 Å². The van der Waals surface area contributed by atoms with Crippen LogP contribution < -0.4 is 10.1 Å². The second-order valence-electron chi connectivity index (χ2n) is 5.41. The van der Waals surface area contributed by atoms with Crippen LogP contribution in [-0.4, -0.2) is 42.1 Å². The molecular weight excluding hydrogens is 362 g/mol. The number of amides is 1. The third-order valence-electron chi connectivity index (χ3n) is 3.63. The van der Waals surface area contributed by atoms with Crippen molar-refractivity contribution < 1.29 is 14.1 Å². The fraction of sp³-hybridized carbons (Fsp3) is 0.375. The second kappa shape index (κ2) is 7.14. The number of carbonyl (C=O) groups is 1. The van der Waals surface area contributed by atoms with Gasteiger partial charge in [0.05, 0.1) is 10.2 Å². The summed E-state index contributed by atoms with van der Waals surface area (Å²) in [5, 5.41) is 7.06. The predicted molar refractivity (Wildman–Crippen MR) is 88.5 cm³/mol. The fourth-order valence-corrected chi connectivity index (χ4v) is 2.93. The minimum absolute atomic E-state index is 0.0459. The van der Waals surface area contributed by atoms with Gasteiger partial charge >= 0.3 is 0 Å². The standard InChI is InChI=1S/C16H18BrN3O3/c1-11-8-13(23-19-11)10-22-15-3-2-12(9-14(15)17)16(21)20-6-4-18-5-7-20/h2-3,8-9,18H,4-7,10H2,1H3. The largest absolute Gasteiger partial charge is 0.484 e. The van der Waals surface area contributed by atoms with E-state index < -0.39 is 0 Å². The molecule has 1 aromatic carbocycles. The molecule has 0 spiro atoms. The SMILES string of the molecule is Cc1cc(COc2ccc(C(=O)N3CCNCC3)cc2Br)on1. The number of nitrogens with zero attached hydrogens (tertiary/aromatic N) is 2. The first-order chi connectivity index (χ1) is 11.1. The van der Waals surface area contributed by atoms with Crippen LogP contribution in [0.3, 0.4) is 0 Å². The van der Waals surface area contributed by atoms with E-state index in [1.165, 1.54) is 0 Å². The molecule has 0 saturated carbocycles. The zero-order valence-corrected chi connectivity index (χ0v) is 14.4. The summed E-state index contributed by atoms with van der Waals surface area (Å²) in [6.07, 6.45) is 0. The van der Waals surface area contributed by atoms with Crippen LogP contribution in [0.15, 0.2) is 33.3 Å². The molecule has 1 saturated heterocycles. The number of rotatable bonds is 4. The molecule has 1 amide bonds. The third-order valence-corrected chi connectivity index (χ3v) is 4.25. The predicted octanol–water partition coefficient (Wildman–Crippen LogP) is 2.37. The van der Waals surface area contributed by atoms with Crippen LogP contribution in [0.1, 0.15) is 21.8 Å². The Bertz CT molecular complexity index is 696. The van der Waals surface area contributed by atoms with Crippen molar-refractivity contribution in [2.75, 3.05) is 26.2 Å². The lowest BCUT2D eigenvalue weighted by molar-refractivity contribution is 0.0735. The normalized spacial score (nSPS) is 14.8. The van der Waals surface area contributed by atoms with Crippen LogP contribution in [0, 0.1) is 6.92 Å².